The number of hydrogen-bond acceptors (Lipinski definition) is 6. The SMILES string of the molecule is COc1ccc(-c2cc(=O)oc3cc(OCC(=O)NCCC(=O)O)ccc23)cc1. The number of benzene rings is 2. The maximum absolute atomic E-state index is 12.0. The van der Waals surface area contributed by atoms with Gasteiger partial charge in [-0.25, -0.2) is 4.79 Å². The number of carboxylic acids is 1. The summed E-state index contributed by atoms with van der Waals surface area (Å²) in [5.41, 5.74) is 1.35. The molecule has 0 bridgehead atoms. The molecule has 0 saturated heterocycles. The van der Waals surface area contributed by atoms with E-state index in [1.165, 1.54) is 12.1 Å². The Morgan fingerprint density at radius 3 is 2.48 bits per heavy atom. The van der Waals surface area contributed by atoms with E-state index in [2.05, 4.69) is 5.32 Å². The molecular formula is C21H19NO7. The first-order chi connectivity index (χ1) is 14.0. The van der Waals surface area contributed by atoms with Gasteiger partial charge in [-0.05, 0) is 35.4 Å². The van der Waals surface area contributed by atoms with Crippen LogP contribution in [0.3, 0.4) is 0 Å². The van der Waals surface area contributed by atoms with Crippen molar-refractivity contribution >= 4 is 22.8 Å². The van der Waals surface area contributed by atoms with Crippen molar-refractivity contribution in [2.45, 2.75) is 6.42 Å². The van der Waals surface area contributed by atoms with Crippen LogP contribution in [-0.2, 0) is 9.59 Å². The molecular weight excluding hydrogens is 378 g/mol. The summed E-state index contributed by atoms with van der Waals surface area (Å²) >= 11 is 0. The van der Waals surface area contributed by atoms with Crippen molar-refractivity contribution in [1.82, 2.24) is 5.32 Å². The number of methoxy groups -OCH3 is 1. The number of carbonyl (C=O) groups excluding carboxylic acids is 1. The van der Waals surface area contributed by atoms with Crippen LogP contribution in [0, 0.1) is 0 Å². The molecule has 2 N–H and O–H groups in total. The first-order valence-electron chi connectivity index (χ1n) is 8.80. The number of rotatable bonds is 8. The molecule has 0 aliphatic carbocycles. The van der Waals surface area contributed by atoms with Crippen LogP contribution in [0.2, 0.25) is 0 Å². The zero-order valence-corrected chi connectivity index (χ0v) is 15.6. The minimum absolute atomic E-state index is 0.0232. The summed E-state index contributed by atoms with van der Waals surface area (Å²) in [6, 6.07) is 13.7. The molecule has 150 valence electrons. The summed E-state index contributed by atoms with van der Waals surface area (Å²) in [4.78, 5) is 34.2. The summed E-state index contributed by atoms with van der Waals surface area (Å²) in [7, 11) is 1.58. The summed E-state index contributed by atoms with van der Waals surface area (Å²) in [6.45, 7) is -0.261. The first kappa shape index (κ1) is 19.9. The van der Waals surface area contributed by atoms with Crippen LogP contribution in [0.4, 0.5) is 0 Å². The molecule has 0 atom stereocenters. The van der Waals surface area contributed by atoms with Gasteiger partial charge in [0.25, 0.3) is 5.91 Å². The maximum atomic E-state index is 12.0. The smallest absolute Gasteiger partial charge is 0.336 e. The normalized spacial score (nSPS) is 10.5. The van der Waals surface area contributed by atoms with E-state index in [-0.39, 0.29) is 19.6 Å². The van der Waals surface area contributed by atoms with Gasteiger partial charge < -0.3 is 24.3 Å². The van der Waals surface area contributed by atoms with Gasteiger partial charge in [0.05, 0.1) is 13.5 Å². The molecule has 3 rings (SSSR count). The van der Waals surface area contributed by atoms with Crippen LogP contribution in [0.25, 0.3) is 22.1 Å². The van der Waals surface area contributed by atoms with E-state index in [1.54, 1.807) is 31.4 Å². The van der Waals surface area contributed by atoms with E-state index in [0.717, 1.165) is 5.56 Å². The molecule has 8 nitrogen and oxygen atoms in total. The fourth-order valence-corrected chi connectivity index (χ4v) is 2.75. The standard InChI is InChI=1S/C21H19NO7/c1-27-14-4-2-13(3-5-14)17-11-21(26)29-18-10-15(6-7-16(17)18)28-12-19(23)22-9-8-20(24)25/h2-7,10-11H,8-9,12H2,1H3,(H,22,23)(H,24,25). The average molecular weight is 397 g/mol. The lowest BCUT2D eigenvalue weighted by atomic mass is 10.0. The summed E-state index contributed by atoms with van der Waals surface area (Å²) in [6.07, 6.45) is -0.166. The molecule has 0 spiro atoms. The van der Waals surface area contributed by atoms with Gasteiger partial charge in [-0.15, -0.1) is 0 Å². The third-order valence-corrected chi connectivity index (χ3v) is 4.15. The lowest BCUT2D eigenvalue weighted by Crippen LogP contribution is -2.30. The van der Waals surface area contributed by atoms with Gasteiger partial charge in [-0.1, -0.05) is 12.1 Å². The molecule has 8 heteroatoms. The lowest BCUT2D eigenvalue weighted by Gasteiger charge is -2.10. The predicted molar refractivity (Wildman–Crippen MR) is 105 cm³/mol. The van der Waals surface area contributed by atoms with Gasteiger partial charge in [0.15, 0.2) is 6.61 Å². The highest BCUT2D eigenvalue weighted by Gasteiger charge is 2.10. The molecule has 0 radical (unpaired) electrons. The third-order valence-electron chi connectivity index (χ3n) is 4.15. The van der Waals surface area contributed by atoms with Crippen LogP contribution >= 0.6 is 0 Å². The second kappa shape index (κ2) is 8.92. The molecule has 3 aromatic rings. The Morgan fingerprint density at radius 2 is 1.79 bits per heavy atom. The fourth-order valence-electron chi connectivity index (χ4n) is 2.75. The Labute approximate surface area is 165 Å². The van der Waals surface area contributed by atoms with Crippen LogP contribution in [0.15, 0.2) is 57.7 Å². The van der Waals surface area contributed by atoms with Crippen LogP contribution in [-0.4, -0.2) is 37.2 Å². The molecule has 1 amide bonds. The predicted octanol–water partition coefficient (Wildman–Crippen LogP) is 2.44. The Bertz CT molecular complexity index is 1090. The van der Waals surface area contributed by atoms with Gasteiger partial charge in [-0.2, -0.15) is 0 Å². The van der Waals surface area contributed by atoms with E-state index >= 15 is 0 Å². The van der Waals surface area contributed by atoms with Gasteiger partial charge in [0.1, 0.15) is 17.1 Å². The molecule has 0 saturated carbocycles. The number of amides is 1. The molecule has 0 aliphatic rings. The summed E-state index contributed by atoms with van der Waals surface area (Å²) < 4.78 is 15.8. The second-order valence-electron chi connectivity index (χ2n) is 6.15. The Kier molecular flexibility index (Phi) is 6.13. The zero-order valence-electron chi connectivity index (χ0n) is 15.6. The van der Waals surface area contributed by atoms with E-state index < -0.39 is 17.5 Å². The molecule has 0 fully saturated rings. The topological polar surface area (TPSA) is 115 Å². The van der Waals surface area contributed by atoms with Crippen molar-refractivity contribution in [3.8, 4) is 22.6 Å². The number of fused-ring (bicyclic) bond motifs is 1. The quantitative estimate of drug-likeness (QED) is 0.561. The van der Waals surface area contributed by atoms with Gasteiger partial charge in [0, 0.05) is 24.1 Å². The number of ether oxygens (including phenoxy) is 2. The van der Waals surface area contributed by atoms with Crippen LogP contribution < -0.4 is 20.4 Å². The monoisotopic (exact) mass is 397 g/mol. The Morgan fingerprint density at radius 1 is 1.07 bits per heavy atom. The first-order valence-corrected chi connectivity index (χ1v) is 8.80. The maximum Gasteiger partial charge on any atom is 0.336 e. The molecule has 1 aromatic heterocycles. The highest BCUT2D eigenvalue weighted by atomic mass is 16.5. The van der Waals surface area contributed by atoms with Crippen LogP contribution in [0.1, 0.15) is 6.42 Å². The van der Waals surface area contributed by atoms with Crippen molar-refractivity contribution < 1.29 is 28.6 Å². The van der Waals surface area contributed by atoms with Gasteiger partial charge in [-0.3, -0.25) is 9.59 Å². The van der Waals surface area contributed by atoms with E-state index in [1.807, 2.05) is 12.1 Å². The number of carboxylic acid groups (broad SMARTS) is 1. The fraction of sp³-hybridized carbons (Fsp3) is 0.190. The number of aliphatic carboxylic acids is 1. The number of hydrogen-bond donors (Lipinski definition) is 2. The highest BCUT2D eigenvalue weighted by molar-refractivity contribution is 5.93. The van der Waals surface area contributed by atoms with Crippen molar-refractivity contribution in [3.63, 3.8) is 0 Å². The Balaban J connectivity index is 1.78. The Hall–Kier alpha value is -3.81. The second-order valence-corrected chi connectivity index (χ2v) is 6.15. The van der Waals surface area contributed by atoms with Crippen LogP contribution in [0.5, 0.6) is 11.5 Å². The van der Waals surface area contributed by atoms with Crippen molar-refractivity contribution in [2.75, 3.05) is 20.3 Å². The molecule has 2 aromatic carbocycles. The van der Waals surface area contributed by atoms with Gasteiger partial charge >= 0.3 is 11.6 Å². The highest BCUT2D eigenvalue weighted by Crippen LogP contribution is 2.30. The molecule has 1 heterocycles. The van der Waals surface area contributed by atoms with Crippen molar-refractivity contribution in [3.05, 3.63) is 59.0 Å². The summed E-state index contributed by atoms with van der Waals surface area (Å²) in [5.74, 6) is -0.387. The van der Waals surface area contributed by atoms with Crippen molar-refractivity contribution in [1.29, 1.82) is 0 Å². The van der Waals surface area contributed by atoms with Crippen molar-refractivity contribution in [2.24, 2.45) is 0 Å². The number of nitrogens with one attached hydrogen (secondary N) is 1. The summed E-state index contributed by atoms with van der Waals surface area (Å²) in [5, 5.41) is 11.7. The lowest BCUT2D eigenvalue weighted by molar-refractivity contribution is -0.137. The van der Waals surface area contributed by atoms with E-state index in [9.17, 15) is 14.4 Å². The minimum Gasteiger partial charge on any atom is -0.497 e. The average Bonchev–Trinajstić information content (AvgIpc) is 2.71. The minimum atomic E-state index is -0.997. The molecule has 0 aliphatic heterocycles. The molecule has 29 heavy (non-hydrogen) atoms. The van der Waals surface area contributed by atoms with E-state index in [0.29, 0.717) is 28.0 Å². The zero-order chi connectivity index (χ0) is 20.8. The van der Waals surface area contributed by atoms with Gasteiger partial charge in [0.2, 0.25) is 0 Å². The molecule has 0 unspecified atom stereocenters. The third kappa shape index (κ3) is 5.13. The van der Waals surface area contributed by atoms with E-state index in [4.69, 9.17) is 19.0 Å². The largest absolute Gasteiger partial charge is 0.497 e. The number of carbonyl (C=O) groups is 2.